The number of rotatable bonds is 4. The highest BCUT2D eigenvalue weighted by molar-refractivity contribution is 7.54. The largest absolute Gasteiger partial charge is 0.473 e. The lowest BCUT2D eigenvalue weighted by molar-refractivity contribution is 0.599. The second-order valence-electron chi connectivity index (χ2n) is 5.12. The highest BCUT2D eigenvalue weighted by atomic mass is 31.1. The first-order valence-electron chi connectivity index (χ1n) is 6.53. The Morgan fingerprint density at radius 2 is 1.44 bits per heavy atom. The Hall–Kier alpha value is -1.07. The summed E-state index contributed by atoms with van der Waals surface area (Å²) in [6.45, 7) is 8.99. The Labute approximate surface area is 111 Å². The maximum absolute atomic E-state index is 6.32. The predicted octanol–water partition coefficient (Wildman–Crippen LogP) is 5.43. The van der Waals surface area contributed by atoms with Gasteiger partial charge in [0.25, 0.3) is 0 Å². The van der Waals surface area contributed by atoms with E-state index < -0.39 is 8.15 Å². The van der Waals surface area contributed by atoms with E-state index in [1.807, 2.05) is 0 Å². The van der Waals surface area contributed by atoms with Gasteiger partial charge in [-0.15, -0.1) is 0 Å². The third-order valence-electron chi connectivity index (χ3n) is 2.97. The molecular formula is C16H21OP. The molecule has 96 valence electrons. The SMILES string of the molecule is CC(C)P(Oc1cccc2ccccc12)C(C)C. The molecule has 2 heteroatoms. The van der Waals surface area contributed by atoms with Crippen LogP contribution in [0, 0.1) is 0 Å². The van der Waals surface area contributed by atoms with Gasteiger partial charge >= 0.3 is 0 Å². The molecule has 0 amide bonds. The molecular weight excluding hydrogens is 239 g/mol. The van der Waals surface area contributed by atoms with Crippen LogP contribution in [0.3, 0.4) is 0 Å². The van der Waals surface area contributed by atoms with Crippen molar-refractivity contribution in [3.05, 3.63) is 42.5 Å². The zero-order valence-electron chi connectivity index (χ0n) is 11.6. The molecule has 0 fully saturated rings. The third-order valence-corrected chi connectivity index (χ3v) is 5.41. The highest BCUT2D eigenvalue weighted by Crippen LogP contribution is 2.48. The number of hydrogen-bond donors (Lipinski definition) is 0. The number of fused-ring (bicyclic) bond motifs is 1. The first-order chi connectivity index (χ1) is 8.59. The quantitative estimate of drug-likeness (QED) is 0.666. The summed E-state index contributed by atoms with van der Waals surface area (Å²) in [5.41, 5.74) is 1.16. The van der Waals surface area contributed by atoms with Gasteiger partial charge in [-0.3, -0.25) is 0 Å². The van der Waals surface area contributed by atoms with Crippen LogP contribution in [0.2, 0.25) is 0 Å². The van der Waals surface area contributed by atoms with E-state index in [2.05, 4.69) is 70.2 Å². The van der Waals surface area contributed by atoms with Gasteiger partial charge < -0.3 is 4.52 Å². The lowest BCUT2D eigenvalue weighted by Crippen LogP contribution is -2.08. The molecule has 0 unspecified atom stereocenters. The summed E-state index contributed by atoms with van der Waals surface area (Å²) in [7, 11) is -0.428. The fourth-order valence-electron chi connectivity index (χ4n) is 2.20. The Bertz CT molecular complexity index is 506. The summed E-state index contributed by atoms with van der Waals surface area (Å²) in [5, 5.41) is 2.46. The number of benzene rings is 2. The van der Waals surface area contributed by atoms with Crippen LogP contribution >= 0.6 is 8.15 Å². The first-order valence-corrected chi connectivity index (χ1v) is 7.93. The van der Waals surface area contributed by atoms with Crippen LogP contribution in [-0.2, 0) is 0 Å². The van der Waals surface area contributed by atoms with Crippen LogP contribution in [0.4, 0.5) is 0 Å². The van der Waals surface area contributed by atoms with Gasteiger partial charge in [-0.25, -0.2) is 0 Å². The molecule has 0 aliphatic carbocycles. The van der Waals surface area contributed by atoms with E-state index >= 15 is 0 Å². The first kappa shape index (κ1) is 13.4. The van der Waals surface area contributed by atoms with Gasteiger partial charge in [-0.05, 0) is 11.5 Å². The Morgan fingerprint density at radius 3 is 2.11 bits per heavy atom. The fraction of sp³-hybridized carbons (Fsp3) is 0.375. The molecule has 0 N–H and O–H groups in total. The van der Waals surface area contributed by atoms with Gasteiger partial charge in [0.2, 0.25) is 0 Å². The molecule has 2 aromatic rings. The molecule has 18 heavy (non-hydrogen) atoms. The van der Waals surface area contributed by atoms with Crippen molar-refractivity contribution in [3.8, 4) is 5.75 Å². The predicted molar refractivity (Wildman–Crippen MR) is 81.8 cm³/mol. The Balaban J connectivity index is 2.36. The summed E-state index contributed by atoms with van der Waals surface area (Å²) in [6, 6.07) is 14.7. The molecule has 0 spiro atoms. The van der Waals surface area contributed by atoms with Gasteiger partial charge in [0.1, 0.15) is 5.75 Å². The van der Waals surface area contributed by atoms with Crippen molar-refractivity contribution in [2.45, 2.75) is 39.0 Å². The standard InChI is InChI=1S/C16H21OP/c1-12(2)18(13(3)4)17-16-11-7-9-14-8-5-6-10-15(14)16/h5-13H,1-4H3. The van der Waals surface area contributed by atoms with Crippen LogP contribution in [0.5, 0.6) is 5.75 Å². The topological polar surface area (TPSA) is 9.23 Å². The molecule has 2 rings (SSSR count). The molecule has 0 aliphatic heterocycles. The van der Waals surface area contributed by atoms with E-state index in [0.29, 0.717) is 11.3 Å². The zero-order chi connectivity index (χ0) is 13.1. The average Bonchev–Trinajstić information content (AvgIpc) is 2.35. The van der Waals surface area contributed by atoms with E-state index in [1.54, 1.807) is 0 Å². The normalized spacial score (nSPS) is 11.7. The van der Waals surface area contributed by atoms with Crippen molar-refractivity contribution >= 4 is 18.9 Å². The van der Waals surface area contributed by atoms with Crippen LogP contribution in [0.1, 0.15) is 27.7 Å². The monoisotopic (exact) mass is 260 g/mol. The summed E-state index contributed by atoms with van der Waals surface area (Å²) >= 11 is 0. The molecule has 0 saturated heterocycles. The Kier molecular flexibility index (Phi) is 4.24. The second-order valence-corrected chi connectivity index (χ2v) is 8.08. The van der Waals surface area contributed by atoms with Crippen LogP contribution in [0.25, 0.3) is 10.8 Å². The lowest BCUT2D eigenvalue weighted by Gasteiger charge is -2.26. The van der Waals surface area contributed by atoms with Crippen LogP contribution < -0.4 is 4.52 Å². The maximum Gasteiger partial charge on any atom is 0.131 e. The van der Waals surface area contributed by atoms with E-state index in [1.165, 1.54) is 10.8 Å². The van der Waals surface area contributed by atoms with E-state index in [9.17, 15) is 0 Å². The van der Waals surface area contributed by atoms with Gasteiger partial charge in [0.15, 0.2) is 0 Å². The second kappa shape index (κ2) is 5.71. The van der Waals surface area contributed by atoms with Crippen molar-refractivity contribution in [3.63, 3.8) is 0 Å². The minimum Gasteiger partial charge on any atom is -0.473 e. The van der Waals surface area contributed by atoms with Crippen molar-refractivity contribution < 1.29 is 4.52 Å². The number of hydrogen-bond acceptors (Lipinski definition) is 1. The summed E-state index contributed by atoms with van der Waals surface area (Å²) in [5.74, 6) is 1.03. The van der Waals surface area contributed by atoms with Gasteiger partial charge in [-0.2, -0.15) is 0 Å². The van der Waals surface area contributed by atoms with Crippen molar-refractivity contribution in [1.82, 2.24) is 0 Å². The van der Waals surface area contributed by atoms with Crippen molar-refractivity contribution in [2.75, 3.05) is 0 Å². The molecule has 2 aromatic carbocycles. The summed E-state index contributed by atoms with van der Waals surface area (Å²) < 4.78 is 6.32. The van der Waals surface area contributed by atoms with E-state index in [0.717, 1.165) is 5.75 Å². The zero-order valence-corrected chi connectivity index (χ0v) is 12.4. The summed E-state index contributed by atoms with van der Waals surface area (Å²) in [6.07, 6.45) is 0. The van der Waals surface area contributed by atoms with Gasteiger partial charge in [-0.1, -0.05) is 64.1 Å². The van der Waals surface area contributed by atoms with E-state index in [-0.39, 0.29) is 0 Å². The van der Waals surface area contributed by atoms with Crippen LogP contribution in [-0.4, -0.2) is 11.3 Å². The minimum absolute atomic E-state index is 0.428. The highest BCUT2D eigenvalue weighted by Gasteiger charge is 2.20. The molecule has 0 bridgehead atoms. The van der Waals surface area contributed by atoms with Crippen molar-refractivity contribution in [2.24, 2.45) is 0 Å². The molecule has 0 radical (unpaired) electrons. The summed E-state index contributed by atoms with van der Waals surface area (Å²) in [4.78, 5) is 0. The molecule has 0 aromatic heterocycles. The molecule has 0 heterocycles. The smallest absolute Gasteiger partial charge is 0.131 e. The Morgan fingerprint density at radius 1 is 0.833 bits per heavy atom. The molecule has 0 saturated carbocycles. The maximum atomic E-state index is 6.32. The third kappa shape index (κ3) is 2.84. The molecule has 0 aliphatic rings. The molecule has 1 nitrogen and oxygen atoms in total. The van der Waals surface area contributed by atoms with Gasteiger partial charge in [0, 0.05) is 16.7 Å². The minimum atomic E-state index is -0.428. The van der Waals surface area contributed by atoms with Gasteiger partial charge in [0.05, 0.1) is 8.15 Å². The van der Waals surface area contributed by atoms with E-state index in [4.69, 9.17) is 4.52 Å². The van der Waals surface area contributed by atoms with Crippen LogP contribution in [0.15, 0.2) is 42.5 Å². The molecule has 0 atom stereocenters. The average molecular weight is 260 g/mol. The van der Waals surface area contributed by atoms with Crippen molar-refractivity contribution in [1.29, 1.82) is 0 Å². The fourth-order valence-corrected chi connectivity index (χ4v) is 4.20. The lowest BCUT2D eigenvalue weighted by atomic mass is 10.1.